The van der Waals surface area contributed by atoms with Crippen LogP contribution in [0.1, 0.15) is 13.4 Å². The minimum absolute atomic E-state index is 0. The van der Waals surface area contributed by atoms with E-state index in [9.17, 15) is 0 Å². The van der Waals surface area contributed by atoms with Gasteiger partial charge in [-0.05, 0) is 41.8 Å². The fourth-order valence-electron chi connectivity index (χ4n) is 3.66. The van der Waals surface area contributed by atoms with Crippen molar-refractivity contribution >= 4 is 39.6 Å². The number of methoxy groups -OCH3 is 1. The van der Waals surface area contributed by atoms with Crippen molar-refractivity contribution in [2.24, 2.45) is 0 Å². The summed E-state index contributed by atoms with van der Waals surface area (Å²) in [6.07, 6.45) is 13.5. The van der Waals surface area contributed by atoms with Gasteiger partial charge in [-0.25, -0.2) is 9.50 Å². The van der Waals surface area contributed by atoms with Crippen molar-refractivity contribution in [3.05, 3.63) is 84.6 Å². The SMILES string of the molecule is COCCNc1nc(Nc2cc3ccccn3n2)nc2cc(C3=CC=CCC=C3)ccc12.[HH]. The van der Waals surface area contributed by atoms with Crippen LogP contribution in [0, 0.1) is 0 Å². The Labute approximate surface area is 187 Å². The summed E-state index contributed by atoms with van der Waals surface area (Å²) in [6, 6.07) is 14.2. The van der Waals surface area contributed by atoms with Crippen LogP contribution in [-0.4, -0.2) is 39.8 Å². The Bertz CT molecular complexity index is 1320. The second kappa shape index (κ2) is 9.03. The van der Waals surface area contributed by atoms with Gasteiger partial charge in [0.25, 0.3) is 0 Å². The lowest BCUT2D eigenvalue weighted by Gasteiger charge is -2.12. The van der Waals surface area contributed by atoms with E-state index in [1.54, 1.807) is 7.11 Å². The molecule has 0 bridgehead atoms. The average Bonchev–Trinajstić information content (AvgIpc) is 3.01. The molecular weight excluding hydrogens is 400 g/mol. The predicted molar refractivity (Wildman–Crippen MR) is 131 cm³/mol. The maximum Gasteiger partial charge on any atom is 0.230 e. The molecule has 162 valence electrons. The molecule has 0 amide bonds. The molecule has 3 aromatic heterocycles. The van der Waals surface area contributed by atoms with Gasteiger partial charge in [-0.1, -0.05) is 42.5 Å². The van der Waals surface area contributed by atoms with Gasteiger partial charge in [-0.3, -0.25) is 0 Å². The van der Waals surface area contributed by atoms with Crippen LogP contribution in [-0.2, 0) is 4.74 Å². The smallest absolute Gasteiger partial charge is 0.230 e. The molecule has 2 N–H and O–H groups in total. The number of nitrogens with zero attached hydrogens (tertiary/aromatic N) is 4. The van der Waals surface area contributed by atoms with Crippen LogP contribution in [0.15, 0.2) is 79.0 Å². The van der Waals surface area contributed by atoms with Crippen molar-refractivity contribution in [1.82, 2.24) is 19.6 Å². The molecule has 0 spiro atoms. The quantitative estimate of drug-likeness (QED) is 0.394. The fourth-order valence-corrected chi connectivity index (χ4v) is 3.66. The van der Waals surface area contributed by atoms with Gasteiger partial charge in [0.2, 0.25) is 5.95 Å². The van der Waals surface area contributed by atoms with Gasteiger partial charge < -0.3 is 15.4 Å². The number of ether oxygens (including phenoxy) is 1. The Morgan fingerprint density at radius 1 is 1.12 bits per heavy atom. The number of pyridine rings is 1. The molecule has 7 heteroatoms. The number of nitrogens with one attached hydrogen (secondary N) is 2. The van der Waals surface area contributed by atoms with Crippen LogP contribution in [0.3, 0.4) is 0 Å². The van der Waals surface area contributed by atoms with E-state index in [-0.39, 0.29) is 1.43 Å². The summed E-state index contributed by atoms with van der Waals surface area (Å²) < 4.78 is 7.01. The molecule has 0 fully saturated rings. The van der Waals surface area contributed by atoms with Crippen LogP contribution < -0.4 is 10.6 Å². The molecule has 0 radical (unpaired) electrons. The molecule has 5 rings (SSSR count). The normalized spacial score (nSPS) is 13.3. The number of allylic oxidation sites excluding steroid dienone is 6. The summed E-state index contributed by atoms with van der Waals surface area (Å²) in [5.74, 6) is 1.94. The topological polar surface area (TPSA) is 76.4 Å². The number of aromatic nitrogens is 4. The Morgan fingerprint density at radius 3 is 3.00 bits per heavy atom. The summed E-state index contributed by atoms with van der Waals surface area (Å²) in [7, 11) is 1.69. The number of hydrogen-bond acceptors (Lipinski definition) is 6. The summed E-state index contributed by atoms with van der Waals surface area (Å²) in [6.45, 7) is 1.24. The summed E-state index contributed by atoms with van der Waals surface area (Å²) in [5, 5.41) is 12.1. The number of fused-ring (bicyclic) bond motifs is 2. The van der Waals surface area contributed by atoms with Gasteiger partial charge >= 0.3 is 0 Å². The number of anilines is 3. The second-order valence-electron chi connectivity index (χ2n) is 7.46. The molecule has 0 saturated carbocycles. The van der Waals surface area contributed by atoms with Crippen molar-refractivity contribution in [2.45, 2.75) is 6.42 Å². The lowest BCUT2D eigenvalue weighted by Crippen LogP contribution is -2.11. The minimum Gasteiger partial charge on any atom is -0.383 e. The van der Waals surface area contributed by atoms with Crippen LogP contribution in [0.5, 0.6) is 0 Å². The largest absolute Gasteiger partial charge is 0.383 e. The zero-order valence-corrected chi connectivity index (χ0v) is 17.8. The third-order valence-electron chi connectivity index (χ3n) is 5.22. The van der Waals surface area contributed by atoms with Crippen molar-refractivity contribution in [1.29, 1.82) is 0 Å². The highest BCUT2D eigenvalue weighted by Crippen LogP contribution is 2.28. The van der Waals surface area contributed by atoms with E-state index in [0.29, 0.717) is 24.9 Å². The van der Waals surface area contributed by atoms with Crippen molar-refractivity contribution in [3.8, 4) is 0 Å². The number of hydrogen-bond donors (Lipinski definition) is 2. The highest BCUT2D eigenvalue weighted by Gasteiger charge is 2.11. The summed E-state index contributed by atoms with van der Waals surface area (Å²) in [5.41, 5.74) is 4.12. The summed E-state index contributed by atoms with van der Waals surface area (Å²) in [4.78, 5) is 9.51. The molecule has 0 unspecified atom stereocenters. The first-order valence-corrected chi connectivity index (χ1v) is 10.6. The Hall–Kier alpha value is -3.97. The van der Waals surface area contributed by atoms with E-state index < -0.39 is 0 Å². The van der Waals surface area contributed by atoms with Gasteiger partial charge in [-0.2, -0.15) is 10.1 Å². The van der Waals surface area contributed by atoms with Gasteiger partial charge in [0.1, 0.15) is 5.82 Å². The monoisotopic (exact) mass is 426 g/mol. The van der Waals surface area contributed by atoms with Crippen LogP contribution in [0.2, 0.25) is 0 Å². The molecule has 1 aromatic carbocycles. The molecule has 1 aliphatic rings. The van der Waals surface area contributed by atoms with Gasteiger partial charge in [0.05, 0.1) is 17.6 Å². The van der Waals surface area contributed by atoms with E-state index in [1.165, 1.54) is 0 Å². The zero-order valence-electron chi connectivity index (χ0n) is 17.8. The average molecular weight is 427 g/mol. The van der Waals surface area contributed by atoms with Gasteiger partial charge in [0, 0.05) is 32.7 Å². The number of rotatable bonds is 7. The molecule has 4 aromatic rings. The molecule has 3 heterocycles. The molecule has 1 aliphatic carbocycles. The Morgan fingerprint density at radius 2 is 2.09 bits per heavy atom. The number of benzene rings is 1. The first-order chi connectivity index (χ1) is 15.8. The zero-order chi connectivity index (χ0) is 21.8. The lowest BCUT2D eigenvalue weighted by molar-refractivity contribution is 0.210. The Kier molecular flexibility index (Phi) is 5.63. The lowest BCUT2D eigenvalue weighted by atomic mass is 10.0. The Balaban J connectivity index is 0.00000259. The third kappa shape index (κ3) is 4.24. The summed E-state index contributed by atoms with van der Waals surface area (Å²) >= 11 is 0. The maximum atomic E-state index is 5.19. The van der Waals surface area contributed by atoms with Crippen LogP contribution >= 0.6 is 0 Å². The molecule has 32 heavy (non-hydrogen) atoms. The minimum atomic E-state index is 0. The van der Waals surface area contributed by atoms with Crippen molar-refractivity contribution in [2.75, 3.05) is 30.9 Å². The van der Waals surface area contributed by atoms with Crippen LogP contribution in [0.4, 0.5) is 17.6 Å². The van der Waals surface area contributed by atoms with Crippen molar-refractivity contribution < 1.29 is 6.16 Å². The highest BCUT2D eigenvalue weighted by atomic mass is 16.5. The maximum absolute atomic E-state index is 5.19. The van der Waals surface area contributed by atoms with Crippen molar-refractivity contribution in [3.63, 3.8) is 0 Å². The molecule has 0 atom stereocenters. The van der Waals surface area contributed by atoms with E-state index in [1.807, 2.05) is 35.0 Å². The first-order valence-electron chi connectivity index (χ1n) is 10.6. The third-order valence-corrected chi connectivity index (χ3v) is 5.22. The van der Waals surface area contributed by atoms with Crippen LogP contribution in [0.25, 0.3) is 22.0 Å². The van der Waals surface area contributed by atoms with Gasteiger partial charge in [-0.15, -0.1) is 0 Å². The van der Waals surface area contributed by atoms with E-state index in [4.69, 9.17) is 14.7 Å². The molecule has 0 aliphatic heterocycles. The molecule has 7 nitrogen and oxygen atoms in total. The molecular formula is C25H26N6O. The predicted octanol–water partition coefficient (Wildman–Crippen LogP) is 5.22. The second-order valence-corrected chi connectivity index (χ2v) is 7.46. The van der Waals surface area contributed by atoms with E-state index in [0.717, 1.165) is 39.8 Å². The highest BCUT2D eigenvalue weighted by molar-refractivity contribution is 5.93. The van der Waals surface area contributed by atoms with E-state index in [2.05, 4.69) is 64.3 Å². The van der Waals surface area contributed by atoms with E-state index >= 15 is 0 Å². The fraction of sp³-hybridized carbons (Fsp3) is 0.160. The molecule has 0 saturated heterocycles. The van der Waals surface area contributed by atoms with Gasteiger partial charge in [0.15, 0.2) is 5.82 Å². The first kappa shape index (κ1) is 20.0. The standard InChI is InChI=1S/C25H24N6O.H2/c1-32-15-13-26-24-21-12-11-19(18-8-4-2-3-5-9-18)16-22(21)27-25(29-24)28-23-17-20-10-6-7-14-31(20)30-23;/h2,4-12,14,16-17H,3,13,15H2,1H3,(H2,26,27,28,29,30);1H.